The number of benzene rings is 1. The number of anilines is 1. The van der Waals surface area contributed by atoms with Gasteiger partial charge >= 0.3 is 0 Å². The molecule has 0 fully saturated rings. The van der Waals surface area contributed by atoms with Gasteiger partial charge in [0, 0.05) is 24.2 Å². The molecule has 2 rings (SSSR count). The molecule has 99 valence electrons. The van der Waals surface area contributed by atoms with Crippen LogP contribution in [0.3, 0.4) is 0 Å². The van der Waals surface area contributed by atoms with Gasteiger partial charge in [0.05, 0.1) is 0 Å². The van der Waals surface area contributed by atoms with Crippen LogP contribution in [0.4, 0.5) is 5.69 Å². The van der Waals surface area contributed by atoms with Gasteiger partial charge in [-0.05, 0) is 30.5 Å². The second-order valence-electron chi connectivity index (χ2n) is 6.22. The fourth-order valence-corrected chi connectivity index (χ4v) is 2.98. The summed E-state index contributed by atoms with van der Waals surface area (Å²) in [6.07, 6.45) is 5.35. The quantitative estimate of drug-likeness (QED) is 0.687. The third kappa shape index (κ3) is 2.71. The normalized spacial score (nSPS) is 17.0. The lowest BCUT2D eigenvalue weighted by Gasteiger charge is -2.22. The molecule has 1 aromatic rings. The highest BCUT2D eigenvalue weighted by Crippen LogP contribution is 2.40. The Hall–Kier alpha value is -0.980. The molecule has 1 aromatic carbocycles. The van der Waals surface area contributed by atoms with Gasteiger partial charge in [0.1, 0.15) is 0 Å². The molecule has 1 radical (unpaired) electrons. The van der Waals surface area contributed by atoms with Crippen molar-refractivity contribution < 1.29 is 0 Å². The Morgan fingerprint density at radius 1 is 1.22 bits per heavy atom. The molecule has 0 bridgehead atoms. The summed E-state index contributed by atoms with van der Waals surface area (Å²) in [5.41, 5.74) is 4.32. The molecule has 1 heterocycles. The third-order valence-corrected chi connectivity index (χ3v) is 4.00. The lowest BCUT2D eigenvalue weighted by atomic mass is 9.86. The average molecular weight is 244 g/mol. The van der Waals surface area contributed by atoms with E-state index in [1.807, 2.05) is 0 Å². The monoisotopic (exact) mass is 244 g/mol. The van der Waals surface area contributed by atoms with Gasteiger partial charge in [0.25, 0.3) is 0 Å². The van der Waals surface area contributed by atoms with Gasteiger partial charge in [-0.1, -0.05) is 52.2 Å². The first-order chi connectivity index (χ1) is 8.54. The van der Waals surface area contributed by atoms with Crippen LogP contribution in [0.1, 0.15) is 57.6 Å². The smallest absolute Gasteiger partial charge is 0.0405 e. The van der Waals surface area contributed by atoms with E-state index in [0.29, 0.717) is 0 Å². The van der Waals surface area contributed by atoms with Gasteiger partial charge < -0.3 is 4.90 Å². The van der Waals surface area contributed by atoms with Gasteiger partial charge in [-0.15, -0.1) is 0 Å². The van der Waals surface area contributed by atoms with E-state index in [2.05, 4.69) is 50.8 Å². The zero-order valence-electron chi connectivity index (χ0n) is 12.1. The van der Waals surface area contributed by atoms with Crippen molar-refractivity contribution >= 4 is 5.69 Å². The van der Waals surface area contributed by atoms with Crippen LogP contribution in [0.5, 0.6) is 0 Å². The minimum atomic E-state index is 0.272. The molecule has 1 heteroatoms. The minimum absolute atomic E-state index is 0.272. The molecule has 0 N–H and O–H groups in total. The number of fused-ring (bicyclic) bond motifs is 1. The zero-order valence-corrected chi connectivity index (χ0v) is 12.1. The Morgan fingerprint density at radius 3 is 2.72 bits per heavy atom. The Balaban J connectivity index is 2.08. The zero-order chi connectivity index (χ0) is 13.2. The van der Waals surface area contributed by atoms with E-state index in [9.17, 15) is 0 Å². The van der Waals surface area contributed by atoms with Crippen LogP contribution in [0.25, 0.3) is 0 Å². The molecule has 0 saturated heterocycles. The van der Waals surface area contributed by atoms with Gasteiger partial charge in [0.15, 0.2) is 0 Å². The van der Waals surface area contributed by atoms with Crippen molar-refractivity contribution in [2.24, 2.45) is 0 Å². The Bertz CT molecular complexity index is 406. The predicted octanol–water partition coefficient (Wildman–Crippen LogP) is 4.55. The van der Waals surface area contributed by atoms with Crippen LogP contribution in [0, 0.1) is 6.92 Å². The van der Waals surface area contributed by atoms with E-state index in [-0.39, 0.29) is 5.41 Å². The van der Waals surface area contributed by atoms with Crippen molar-refractivity contribution in [1.29, 1.82) is 0 Å². The number of unbranched alkanes of at least 4 members (excludes halogenated alkanes) is 3. The molecule has 1 aliphatic heterocycles. The maximum Gasteiger partial charge on any atom is 0.0405 e. The third-order valence-electron chi connectivity index (χ3n) is 4.00. The molecule has 0 aromatic heterocycles. The van der Waals surface area contributed by atoms with Crippen LogP contribution >= 0.6 is 0 Å². The van der Waals surface area contributed by atoms with Gasteiger partial charge in [-0.25, -0.2) is 0 Å². The summed E-state index contributed by atoms with van der Waals surface area (Å²) in [7, 11) is 0. The maximum atomic E-state index is 4.06. The van der Waals surface area contributed by atoms with Crippen LogP contribution in [0.2, 0.25) is 0 Å². The highest BCUT2D eigenvalue weighted by atomic mass is 15.2. The second-order valence-corrected chi connectivity index (χ2v) is 6.22. The molecule has 0 atom stereocenters. The summed E-state index contributed by atoms with van der Waals surface area (Å²) in [5.74, 6) is 0. The fraction of sp³-hybridized carbons (Fsp3) is 0.588. The summed E-state index contributed by atoms with van der Waals surface area (Å²) in [4.78, 5) is 2.56. The fourth-order valence-electron chi connectivity index (χ4n) is 2.98. The molecule has 1 aliphatic rings. The van der Waals surface area contributed by atoms with Crippen molar-refractivity contribution in [3.8, 4) is 0 Å². The number of hydrogen-bond acceptors (Lipinski definition) is 1. The molecule has 0 amide bonds. The van der Waals surface area contributed by atoms with Crippen molar-refractivity contribution in [1.82, 2.24) is 0 Å². The summed E-state index contributed by atoms with van der Waals surface area (Å²) < 4.78 is 0. The van der Waals surface area contributed by atoms with E-state index in [1.54, 1.807) is 0 Å². The summed E-state index contributed by atoms with van der Waals surface area (Å²) >= 11 is 0. The first-order valence-electron chi connectivity index (χ1n) is 7.26. The first kappa shape index (κ1) is 13.5. The highest BCUT2D eigenvalue weighted by Gasteiger charge is 2.34. The molecule has 1 nitrogen and oxygen atoms in total. The lowest BCUT2D eigenvalue weighted by Crippen LogP contribution is -2.29. The largest absolute Gasteiger partial charge is 0.370 e. The Kier molecular flexibility index (Phi) is 3.99. The van der Waals surface area contributed by atoms with Gasteiger partial charge in [-0.3, -0.25) is 0 Å². The van der Waals surface area contributed by atoms with Crippen LogP contribution in [-0.2, 0) is 5.41 Å². The van der Waals surface area contributed by atoms with E-state index in [1.165, 1.54) is 43.5 Å². The van der Waals surface area contributed by atoms with E-state index in [0.717, 1.165) is 12.1 Å². The maximum absolute atomic E-state index is 4.06. The molecule has 0 aliphatic carbocycles. The minimum Gasteiger partial charge on any atom is -0.370 e. The highest BCUT2D eigenvalue weighted by molar-refractivity contribution is 5.63. The van der Waals surface area contributed by atoms with Crippen molar-refractivity contribution in [2.75, 3.05) is 18.0 Å². The summed E-state index contributed by atoms with van der Waals surface area (Å²) in [5, 5.41) is 0. The molecule has 0 saturated carbocycles. The van der Waals surface area contributed by atoms with Crippen LogP contribution in [0.15, 0.2) is 18.2 Å². The number of nitrogens with zero attached hydrogens (tertiary/aromatic N) is 1. The van der Waals surface area contributed by atoms with E-state index in [4.69, 9.17) is 0 Å². The number of hydrogen-bond donors (Lipinski definition) is 0. The molecular formula is C17H26N. The van der Waals surface area contributed by atoms with Crippen LogP contribution < -0.4 is 4.90 Å². The molecule has 18 heavy (non-hydrogen) atoms. The van der Waals surface area contributed by atoms with E-state index >= 15 is 0 Å². The summed E-state index contributed by atoms with van der Waals surface area (Å²) in [6, 6.07) is 6.66. The lowest BCUT2D eigenvalue weighted by molar-refractivity contribution is 0.540. The predicted molar refractivity (Wildman–Crippen MR) is 80.3 cm³/mol. The van der Waals surface area contributed by atoms with Crippen LogP contribution in [-0.4, -0.2) is 13.1 Å². The average Bonchev–Trinajstić information content (AvgIpc) is 2.57. The Labute approximate surface area is 112 Å². The summed E-state index contributed by atoms with van der Waals surface area (Å²) in [6.45, 7) is 13.4. The molecular weight excluding hydrogens is 218 g/mol. The van der Waals surface area contributed by atoms with Crippen molar-refractivity contribution in [2.45, 2.75) is 51.9 Å². The molecule has 0 spiro atoms. The second kappa shape index (κ2) is 5.34. The van der Waals surface area contributed by atoms with Gasteiger partial charge in [-0.2, -0.15) is 0 Å². The topological polar surface area (TPSA) is 3.24 Å². The number of rotatable bonds is 5. The van der Waals surface area contributed by atoms with E-state index < -0.39 is 0 Å². The van der Waals surface area contributed by atoms with Gasteiger partial charge in [0.2, 0.25) is 0 Å². The Morgan fingerprint density at radius 2 is 2.00 bits per heavy atom. The van der Waals surface area contributed by atoms with Crippen molar-refractivity contribution in [3.05, 3.63) is 36.2 Å². The first-order valence-corrected chi connectivity index (χ1v) is 7.26. The molecule has 0 unspecified atom stereocenters. The SMILES string of the molecule is [CH2]c1ccc2c(c1)C(C)(C)CN2CCCCCC. The standard InChI is InChI=1S/C17H26N/c1-5-6-7-8-11-18-13-17(3,4)15-12-14(2)9-10-16(15)18/h9-10,12H,2,5-8,11,13H2,1,3-4H3. The van der Waals surface area contributed by atoms with Crippen molar-refractivity contribution in [3.63, 3.8) is 0 Å².